The van der Waals surface area contributed by atoms with E-state index in [9.17, 15) is 0 Å². The van der Waals surface area contributed by atoms with Crippen LogP contribution in [0.15, 0.2) is 36.7 Å². The summed E-state index contributed by atoms with van der Waals surface area (Å²) in [6.45, 7) is 5.00. The highest BCUT2D eigenvalue weighted by molar-refractivity contribution is 5.74. The van der Waals surface area contributed by atoms with Gasteiger partial charge in [0.05, 0.1) is 22.4 Å². The Morgan fingerprint density at radius 1 is 1.25 bits per heavy atom. The fourth-order valence-electron chi connectivity index (χ4n) is 2.70. The third-order valence-electron chi connectivity index (χ3n) is 3.99. The lowest BCUT2D eigenvalue weighted by molar-refractivity contribution is 0.762. The molecule has 0 spiro atoms. The minimum absolute atomic E-state index is 0.340. The molecular formula is C17H19N7. The first-order valence-electron chi connectivity index (χ1n) is 8.09. The predicted octanol–water partition coefficient (Wildman–Crippen LogP) is 2.78. The van der Waals surface area contributed by atoms with Crippen LogP contribution in [-0.4, -0.2) is 36.3 Å². The maximum absolute atomic E-state index is 4.60. The van der Waals surface area contributed by atoms with E-state index >= 15 is 0 Å². The van der Waals surface area contributed by atoms with E-state index in [1.807, 2.05) is 30.3 Å². The van der Waals surface area contributed by atoms with E-state index in [0.29, 0.717) is 5.92 Å². The quantitative estimate of drug-likeness (QED) is 0.590. The molecule has 0 aliphatic carbocycles. The maximum Gasteiger partial charge on any atom is 0.200 e. The number of rotatable bonds is 5. The Hall–Kier alpha value is -2.96. The van der Waals surface area contributed by atoms with Gasteiger partial charge in [-0.25, -0.2) is 4.98 Å². The van der Waals surface area contributed by atoms with Crippen molar-refractivity contribution in [2.75, 3.05) is 11.9 Å². The molecule has 1 aromatic carbocycles. The van der Waals surface area contributed by atoms with Crippen LogP contribution in [-0.2, 0) is 6.42 Å². The topological polar surface area (TPSA) is 83.8 Å². The monoisotopic (exact) mass is 321 g/mol. The van der Waals surface area contributed by atoms with E-state index in [4.69, 9.17) is 0 Å². The zero-order chi connectivity index (χ0) is 16.5. The molecule has 7 heteroatoms. The highest BCUT2D eigenvalue weighted by Gasteiger charge is 2.10. The molecule has 0 saturated heterocycles. The number of anilines is 1. The average molecular weight is 321 g/mol. The summed E-state index contributed by atoms with van der Waals surface area (Å²) in [5.74, 6) is 1.31. The van der Waals surface area contributed by atoms with Crippen molar-refractivity contribution in [1.82, 2.24) is 29.8 Å². The van der Waals surface area contributed by atoms with Crippen molar-refractivity contribution in [3.8, 4) is 0 Å². The lowest BCUT2D eigenvalue weighted by Gasteiger charge is -2.10. The summed E-state index contributed by atoms with van der Waals surface area (Å²) < 4.78 is 1.72. The standard InChI is InChI=1S/C17H19N7/c1-11(2)14-9-15(17-22-19-10-24(17)23-14)18-8-7-16-20-12-5-3-4-6-13(12)21-16/h3-6,9-11,18H,7-8H2,1-2H3,(H,20,21). The molecule has 122 valence electrons. The smallest absolute Gasteiger partial charge is 0.200 e. The molecule has 4 rings (SSSR count). The van der Waals surface area contributed by atoms with Gasteiger partial charge in [0.25, 0.3) is 0 Å². The molecule has 4 aromatic rings. The second-order valence-corrected chi connectivity index (χ2v) is 6.11. The molecule has 7 nitrogen and oxygen atoms in total. The van der Waals surface area contributed by atoms with E-state index in [-0.39, 0.29) is 0 Å². The number of H-pyrrole nitrogens is 1. The first-order chi connectivity index (χ1) is 11.7. The van der Waals surface area contributed by atoms with Gasteiger partial charge in [-0.15, -0.1) is 10.2 Å². The van der Waals surface area contributed by atoms with Gasteiger partial charge in [0.1, 0.15) is 12.2 Å². The highest BCUT2D eigenvalue weighted by Crippen LogP contribution is 2.20. The van der Waals surface area contributed by atoms with Gasteiger partial charge in [0.15, 0.2) is 0 Å². The second-order valence-electron chi connectivity index (χ2n) is 6.11. The summed E-state index contributed by atoms with van der Waals surface area (Å²) in [7, 11) is 0. The van der Waals surface area contributed by atoms with Crippen molar-refractivity contribution in [2.24, 2.45) is 0 Å². The van der Waals surface area contributed by atoms with E-state index < -0.39 is 0 Å². The molecule has 2 N–H and O–H groups in total. The SMILES string of the molecule is CC(C)c1cc(NCCc2nc3ccccc3[nH]2)c2nncn2n1. The molecule has 0 fully saturated rings. The zero-order valence-corrected chi connectivity index (χ0v) is 13.7. The Kier molecular flexibility index (Phi) is 3.60. The van der Waals surface area contributed by atoms with Gasteiger partial charge in [-0.2, -0.15) is 9.61 Å². The van der Waals surface area contributed by atoms with Crippen molar-refractivity contribution >= 4 is 22.4 Å². The Morgan fingerprint density at radius 2 is 2.12 bits per heavy atom. The van der Waals surface area contributed by atoms with Crippen LogP contribution in [0.1, 0.15) is 31.3 Å². The molecule has 0 saturated carbocycles. The Labute approximate surface area is 139 Å². The van der Waals surface area contributed by atoms with Gasteiger partial charge in [0.2, 0.25) is 5.65 Å². The zero-order valence-electron chi connectivity index (χ0n) is 13.7. The van der Waals surface area contributed by atoms with Crippen molar-refractivity contribution < 1.29 is 0 Å². The number of benzene rings is 1. The minimum Gasteiger partial charge on any atom is -0.381 e. The molecule has 0 radical (unpaired) electrons. The third-order valence-corrected chi connectivity index (χ3v) is 3.99. The molecule has 0 amide bonds. The number of para-hydroxylation sites is 2. The summed E-state index contributed by atoms with van der Waals surface area (Å²) in [5, 5.41) is 16.1. The number of aromatic nitrogens is 6. The average Bonchev–Trinajstić information content (AvgIpc) is 3.20. The number of aromatic amines is 1. The first kappa shape index (κ1) is 14.6. The van der Waals surface area contributed by atoms with Crippen molar-refractivity contribution in [1.29, 1.82) is 0 Å². The first-order valence-corrected chi connectivity index (χ1v) is 8.09. The van der Waals surface area contributed by atoms with Crippen molar-refractivity contribution in [2.45, 2.75) is 26.2 Å². The Balaban J connectivity index is 1.53. The summed E-state index contributed by atoms with van der Waals surface area (Å²) in [5.41, 5.74) is 4.76. The van der Waals surface area contributed by atoms with Gasteiger partial charge < -0.3 is 10.3 Å². The highest BCUT2D eigenvalue weighted by atomic mass is 15.3. The number of nitrogens with one attached hydrogen (secondary N) is 2. The number of hydrogen-bond donors (Lipinski definition) is 2. The fourth-order valence-corrected chi connectivity index (χ4v) is 2.70. The summed E-state index contributed by atoms with van der Waals surface area (Å²) in [6.07, 6.45) is 2.43. The van der Waals surface area contributed by atoms with Gasteiger partial charge in [-0.05, 0) is 24.1 Å². The molecule has 0 unspecified atom stereocenters. The van der Waals surface area contributed by atoms with Crippen LogP contribution in [0, 0.1) is 0 Å². The van der Waals surface area contributed by atoms with Crippen LogP contribution in [0.3, 0.4) is 0 Å². The van der Waals surface area contributed by atoms with Crippen LogP contribution >= 0.6 is 0 Å². The van der Waals surface area contributed by atoms with Crippen LogP contribution in [0.4, 0.5) is 5.69 Å². The summed E-state index contributed by atoms with van der Waals surface area (Å²) in [6, 6.07) is 10.1. The fraction of sp³-hybridized carbons (Fsp3) is 0.294. The second kappa shape index (κ2) is 5.92. The van der Waals surface area contributed by atoms with Crippen LogP contribution in [0.2, 0.25) is 0 Å². The van der Waals surface area contributed by atoms with Crippen molar-refractivity contribution in [3.63, 3.8) is 0 Å². The number of imidazole rings is 1. The third kappa shape index (κ3) is 2.68. The molecule has 0 aliphatic heterocycles. The van der Waals surface area contributed by atoms with E-state index in [1.54, 1.807) is 10.8 Å². The Morgan fingerprint density at radius 3 is 2.96 bits per heavy atom. The van der Waals surface area contributed by atoms with E-state index in [2.05, 4.69) is 44.4 Å². The number of fused-ring (bicyclic) bond motifs is 2. The maximum atomic E-state index is 4.60. The molecule has 0 atom stereocenters. The molecular weight excluding hydrogens is 302 g/mol. The van der Waals surface area contributed by atoms with Gasteiger partial charge in [0, 0.05) is 13.0 Å². The summed E-state index contributed by atoms with van der Waals surface area (Å²) >= 11 is 0. The Bertz CT molecular complexity index is 950. The summed E-state index contributed by atoms with van der Waals surface area (Å²) in [4.78, 5) is 7.95. The van der Waals surface area contributed by atoms with Crippen LogP contribution in [0.5, 0.6) is 0 Å². The van der Waals surface area contributed by atoms with Gasteiger partial charge >= 0.3 is 0 Å². The number of nitrogens with zero attached hydrogens (tertiary/aromatic N) is 5. The molecule has 3 aromatic heterocycles. The number of hydrogen-bond acceptors (Lipinski definition) is 5. The van der Waals surface area contributed by atoms with E-state index in [0.717, 1.165) is 46.9 Å². The van der Waals surface area contributed by atoms with Crippen LogP contribution in [0.25, 0.3) is 16.7 Å². The normalized spacial score (nSPS) is 11.6. The molecule has 3 heterocycles. The molecule has 0 aliphatic rings. The molecule has 24 heavy (non-hydrogen) atoms. The van der Waals surface area contributed by atoms with E-state index in [1.165, 1.54) is 0 Å². The van der Waals surface area contributed by atoms with Gasteiger partial charge in [-0.3, -0.25) is 0 Å². The largest absolute Gasteiger partial charge is 0.381 e. The predicted molar refractivity (Wildman–Crippen MR) is 93.2 cm³/mol. The lowest BCUT2D eigenvalue weighted by atomic mass is 10.1. The van der Waals surface area contributed by atoms with Crippen LogP contribution < -0.4 is 5.32 Å². The van der Waals surface area contributed by atoms with Crippen molar-refractivity contribution in [3.05, 3.63) is 48.2 Å². The minimum atomic E-state index is 0.340. The van der Waals surface area contributed by atoms with Gasteiger partial charge in [-0.1, -0.05) is 26.0 Å². The lowest BCUT2D eigenvalue weighted by Crippen LogP contribution is -2.09. The molecule has 0 bridgehead atoms.